The van der Waals surface area contributed by atoms with E-state index in [4.69, 9.17) is 5.73 Å². The lowest BCUT2D eigenvalue weighted by Gasteiger charge is -2.11. The Labute approximate surface area is 93.0 Å². The van der Waals surface area contributed by atoms with Crippen molar-refractivity contribution in [3.63, 3.8) is 0 Å². The molecule has 0 radical (unpaired) electrons. The summed E-state index contributed by atoms with van der Waals surface area (Å²) in [7, 11) is 0. The van der Waals surface area contributed by atoms with Crippen LogP contribution in [0.25, 0.3) is 0 Å². The summed E-state index contributed by atoms with van der Waals surface area (Å²) >= 11 is 0. The fraction of sp³-hybridized carbons (Fsp3) is 0.455. The second-order valence-electron chi connectivity index (χ2n) is 4.46. The predicted octanol–water partition coefficient (Wildman–Crippen LogP) is 1.58. The molecule has 1 aromatic rings. The molecule has 16 heavy (non-hydrogen) atoms. The Hall–Kier alpha value is -1.62. The van der Waals surface area contributed by atoms with E-state index in [1.165, 1.54) is 12.1 Å². The first kappa shape index (κ1) is 10.9. The molecule has 0 saturated heterocycles. The average Bonchev–Trinajstić information content (AvgIpc) is 2.98. The summed E-state index contributed by atoms with van der Waals surface area (Å²) in [4.78, 5) is 9.92. The minimum atomic E-state index is -0.588. The van der Waals surface area contributed by atoms with Crippen molar-refractivity contribution in [2.24, 2.45) is 11.1 Å². The van der Waals surface area contributed by atoms with Crippen LogP contribution in [0, 0.1) is 15.5 Å². The lowest BCUT2D eigenvalue weighted by atomic mass is 9.96. The highest BCUT2D eigenvalue weighted by atomic mass is 16.6. The van der Waals surface area contributed by atoms with E-state index in [1.54, 1.807) is 6.07 Å². The SMILES string of the molecule is NCC1(Cc2ccc([N+](=O)[O-])c(O)c2)CC1. The number of nitro benzene ring substituents is 1. The maximum absolute atomic E-state index is 10.5. The van der Waals surface area contributed by atoms with Gasteiger partial charge in [-0.15, -0.1) is 0 Å². The largest absolute Gasteiger partial charge is 0.502 e. The van der Waals surface area contributed by atoms with Crippen molar-refractivity contribution in [1.29, 1.82) is 0 Å². The third-order valence-corrected chi connectivity index (χ3v) is 3.21. The zero-order chi connectivity index (χ0) is 11.8. The summed E-state index contributed by atoms with van der Waals surface area (Å²) in [6.07, 6.45) is 2.98. The van der Waals surface area contributed by atoms with E-state index >= 15 is 0 Å². The average molecular weight is 222 g/mol. The van der Waals surface area contributed by atoms with Gasteiger partial charge in [-0.05, 0) is 42.9 Å². The van der Waals surface area contributed by atoms with Crippen LogP contribution in [0.5, 0.6) is 5.75 Å². The summed E-state index contributed by atoms with van der Waals surface area (Å²) in [5.41, 5.74) is 6.49. The first-order valence-corrected chi connectivity index (χ1v) is 5.23. The molecular weight excluding hydrogens is 208 g/mol. The van der Waals surface area contributed by atoms with Gasteiger partial charge in [-0.2, -0.15) is 0 Å². The summed E-state index contributed by atoms with van der Waals surface area (Å²) in [6, 6.07) is 4.50. The number of nitro groups is 1. The lowest BCUT2D eigenvalue weighted by Crippen LogP contribution is -2.17. The van der Waals surface area contributed by atoms with Crippen molar-refractivity contribution >= 4 is 5.69 Å². The molecule has 1 aromatic carbocycles. The number of nitrogens with zero attached hydrogens (tertiary/aromatic N) is 1. The van der Waals surface area contributed by atoms with E-state index < -0.39 is 4.92 Å². The van der Waals surface area contributed by atoms with Crippen LogP contribution in [0.2, 0.25) is 0 Å². The van der Waals surface area contributed by atoms with Crippen molar-refractivity contribution in [3.05, 3.63) is 33.9 Å². The molecule has 3 N–H and O–H groups in total. The second kappa shape index (κ2) is 3.75. The molecule has 0 amide bonds. The monoisotopic (exact) mass is 222 g/mol. The molecule has 0 atom stereocenters. The van der Waals surface area contributed by atoms with Gasteiger partial charge in [0.25, 0.3) is 0 Å². The number of phenolic OH excluding ortho intramolecular Hbond substituents is 1. The van der Waals surface area contributed by atoms with Crippen LogP contribution in [0.15, 0.2) is 18.2 Å². The highest BCUT2D eigenvalue weighted by Gasteiger charge is 2.41. The van der Waals surface area contributed by atoms with Crippen LogP contribution in [-0.4, -0.2) is 16.6 Å². The number of phenols is 1. The number of benzene rings is 1. The summed E-state index contributed by atoms with van der Waals surface area (Å²) in [6.45, 7) is 0.630. The van der Waals surface area contributed by atoms with Gasteiger partial charge in [0.1, 0.15) is 0 Å². The molecule has 1 aliphatic carbocycles. The molecule has 1 aliphatic rings. The second-order valence-corrected chi connectivity index (χ2v) is 4.46. The van der Waals surface area contributed by atoms with E-state index in [0.29, 0.717) is 6.54 Å². The molecule has 1 saturated carbocycles. The fourth-order valence-corrected chi connectivity index (χ4v) is 1.90. The highest BCUT2D eigenvalue weighted by molar-refractivity contribution is 5.47. The van der Waals surface area contributed by atoms with Gasteiger partial charge < -0.3 is 10.8 Å². The minimum Gasteiger partial charge on any atom is -0.502 e. The molecule has 86 valence electrons. The molecule has 0 heterocycles. The van der Waals surface area contributed by atoms with Gasteiger partial charge >= 0.3 is 5.69 Å². The molecule has 5 nitrogen and oxygen atoms in total. The van der Waals surface area contributed by atoms with Crippen molar-refractivity contribution in [3.8, 4) is 5.75 Å². The van der Waals surface area contributed by atoms with Crippen LogP contribution >= 0.6 is 0 Å². The van der Waals surface area contributed by atoms with E-state index in [0.717, 1.165) is 24.8 Å². The van der Waals surface area contributed by atoms with Crippen molar-refractivity contribution in [1.82, 2.24) is 0 Å². The van der Waals surface area contributed by atoms with E-state index in [2.05, 4.69) is 0 Å². The highest BCUT2D eigenvalue weighted by Crippen LogP contribution is 2.47. The van der Waals surface area contributed by atoms with Crippen molar-refractivity contribution in [2.75, 3.05) is 6.54 Å². The quantitative estimate of drug-likeness (QED) is 0.597. The molecule has 0 aliphatic heterocycles. The normalized spacial score (nSPS) is 17.1. The number of rotatable bonds is 4. The smallest absolute Gasteiger partial charge is 0.310 e. The molecule has 0 spiro atoms. The standard InChI is InChI=1S/C11H14N2O3/c12-7-11(3-4-11)6-8-1-2-9(13(15)16)10(14)5-8/h1-2,5,14H,3-4,6-7,12H2. The van der Waals surface area contributed by atoms with Gasteiger partial charge in [0, 0.05) is 6.07 Å². The Morgan fingerprint density at radius 2 is 2.19 bits per heavy atom. The molecule has 1 fully saturated rings. The summed E-state index contributed by atoms with van der Waals surface area (Å²) < 4.78 is 0. The van der Waals surface area contributed by atoms with E-state index in [1.807, 2.05) is 0 Å². The topological polar surface area (TPSA) is 89.4 Å². The molecule has 0 bridgehead atoms. The van der Waals surface area contributed by atoms with Gasteiger partial charge in [-0.3, -0.25) is 10.1 Å². The Kier molecular flexibility index (Phi) is 2.55. The fourth-order valence-electron chi connectivity index (χ4n) is 1.90. The van der Waals surface area contributed by atoms with Crippen molar-refractivity contribution < 1.29 is 10.0 Å². The first-order valence-electron chi connectivity index (χ1n) is 5.23. The Bertz CT molecular complexity index is 427. The summed E-state index contributed by atoms with van der Waals surface area (Å²) in [5, 5.41) is 20.0. The zero-order valence-corrected chi connectivity index (χ0v) is 8.85. The Balaban J connectivity index is 2.18. The number of nitrogens with two attached hydrogens (primary N) is 1. The summed E-state index contributed by atoms with van der Waals surface area (Å²) in [5.74, 6) is -0.268. The van der Waals surface area contributed by atoms with Crippen LogP contribution < -0.4 is 5.73 Å². The van der Waals surface area contributed by atoms with E-state index in [-0.39, 0.29) is 16.9 Å². The number of hydrogen-bond donors (Lipinski definition) is 2. The maximum atomic E-state index is 10.5. The number of hydrogen-bond acceptors (Lipinski definition) is 4. The maximum Gasteiger partial charge on any atom is 0.310 e. The van der Waals surface area contributed by atoms with E-state index in [9.17, 15) is 15.2 Å². The predicted molar refractivity (Wildman–Crippen MR) is 59.2 cm³/mol. The molecule has 0 unspecified atom stereocenters. The lowest BCUT2D eigenvalue weighted by molar-refractivity contribution is -0.385. The third kappa shape index (κ3) is 1.99. The molecule has 5 heteroatoms. The number of aromatic hydroxyl groups is 1. The van der Waals surface area contributed by atoms with Gasteiger partial charge in [0.2, 0.25) is 0 Å². The van der Waals surface area contributed by atoms with Gasteiger partial charge in [0.05, 0.1) is 4.92 Å². The zero-order valence-electron chi connectivity index (χ0n) is 8.85. The molecule has 2 rings (SSSR count). The van der Waals surface area contributed by atoms with Crippen LogP contribution in [-0.2, 0) is 6.42 Å². The van der Waals surface area contributed by atoms with Gasteiger partial charge in [0.15, 0.2) is 5.75 Å². The molecular formula is C11H14N2O3. The van der Waals surface area contributed by atoms with Crippen molar-refractivity contribution in [2.45, 2.75) is 19.3 Å². The van der Waals surface area contributed by atoms with Gasteiger partial charge in [-0.1, -0.05) is 6.07 Å². The third-order valence-electron chi connectivity index (χ3n) is 3.21. The van der Waals surface area contributed by atoms with Crippen LogP contribution in [0.4, 0.5) is 5.69 Å². The Morgan fingerprint density at radius 3 is 2.62 bits per heavy atom. The first-order chi connectivity index (χ1) is 7.56. The molecule has 0 aromatic heterocycles. The van der Waals surface area contributed by atoms with Crippen LogP contribution in [0.3, 0.4) is 0 Å². The Morgan fingerprint density at radius 1 is 1.50 bits per heavy atom. The van der Waals surface area contributed by atoms with Gasteiger partial charge in [-0.25, -0.2) is 0 Å². The van der Waals surface area contributed by atoms with Crippen LogP contribution in [0.1, 0.15) is 18.4 Å². The minimum absolute atomic E-state index is 0.169.